The summed E-state index contributed by atoms with van der Waals surface area (Å²) in [5.41, 5.74) is -4.14. The molecule has 0 aromatic carbocycles. The van der Waals surface area contributed by atoms with E-state index in [9.17, 15) is 13.2 Å². The van der Waals surface area contributed by atoms with Crippen LogP contribution >= 0.6 is 27.7 Å². The third-order valence-corrected chi connectivity index (χ3v) is 2.63. The van der Waals surface area contributed by atoms with Gasteiger partial charge in [0.05, 0.1) is 6.54 Å². The van der Waals surface area contributed by atoms with Gasteiger partial charge in [-0.1, -0.05) is 0 Å². The highest BCUT2D eigenvalue weighted by molar-refractivity contribution is 9.10. The Labute approximate surface area is 97.7 Å². The second kappa shape index (κ2) is 5.81. The third kappa shape index (κ3) is 6.11. The molecule has 7 heteroatoms. The molecule has 0 atom stereocenters. The first-order chi connectivity index (χ1) is 6.97. The van der Waals surface area contributed by atoms with Crippen LogP contribution in [0.3, 0.4) is 0 Å². The molecule has 0 radical (unpaired) electrons. The van der Waals surface area contributed by atoms with Crippen molar-refractivity contribution in [1.29, 1.82) is 0 Å². The molecule has 0 aliphatic rings. The minimum Gasteiger partial charge on any atom is -0.453 e. The number of hydrogen-bond acceptors (Lipinski definition) is 3. The minimum absolute atomic E-state index is 0.00534. The molecule has 0 fully saturated rings. The number of alkyl halides is 3. The minimum atomic E-state index is -4.14. The molecule has 0 amide bonds. The van der Waals surface area contributed by atoms with Crippen molar-refractivity contribution in [2.45, 2.75) is 12.1 Å². The van der Waals surface area contributed by atoms with Crippen LogP contribution in [0.2, 0.25) is 0 Å². The second-order valence-electron chi connectivity index (χ2n) is 2.68. The van der Waals surface area contributed by atoms with E-state index in [0.717, 1.165) is 0 Å². The Bertz CT molecular complexity index is 302. The number of hydrogen-bond donors (Lipinski definition) is 1. The van der Waals surface area contributed by atoms with Crippen molar-refractivity contribution >= 4 is 27.7 Å². The van der Waals surface area contributed by atoms with Crippen LogP contribution in [-0.4, -0.2) is 17.8 Å². The third-order valence-electron chi connectivity index (χ3n) is 1.47. The standard InChI is InChI=1S/C8H9BrF3NOS/c9-7-2-1-6(14-7)5-13-3-4-15-8(10,11)12/h1-2,13H,3-5H2. The highest BCUT2D eigenvalue weighted by Gasteiger charge is 2.27. The van der Waals surface area contributed by atoms with Crippen LogP contribution in [0.25, 0.3) is 0 Å². The fourth-order valence-electron chi connectivity index (χ4n) is 0.897. The number of rotatable bonds is 5. The van der Waals surface area contributed by atoms with E-state index in [1.54, 1.807) is 12.1 Å². The summed E-state index contributed by atoms with van der Waals surface area (Å²) in [6.45, 7) is 0.729. The van der Waals surface area contributed by atoms with Crippen molar-refractivity contribution in [3.63, 3.8) is 0 Å². The lowest BCUT2D eigenvalue weighted by molar-refractivity contribution is -0.0327. The molecule has 0 bridgehead atoms. The smallest absolute Gasteiger partial charge is 0.441 e. The molecule has 2 nitrogen and oxygen atoms in total. The fourth-order valence-corrected chi connectivity index (χ4v) is 1.72. The van der Waals surface area contributed by atoms with E-state index in [1.165, 1.54) is 0 Å². The van der Waals surface area contributed by atoms with E-state index in [-0.39, 0.29) is 17.5 Å². The summed E-state index contributed by atoms with van der Waals surface area (Å²) in [6.07, 6.45) is 0. The van der Waals surface area contributed by atoms with Crippen LogP contribution in [0.15, 0.2) is 21.2 Å². The first-order valence-corrected chi connectivity index (χ1v) is 5.91. The Morgan fingerprint density at radius 3 is 2.67 bits per heavy atom. The van der Waals surface area contributed by atoms with Gasteiger partial charge in [0.15, 0.2) is 4.67 Å². The van der Waals surface area contributed by atoms with Crippen LogP contribution < -0.4 is 5.32 Å². The summed E-state index contributed by atoms with van der Waals surface area (Å²) in [7, 11) is 0. The van der Waals surface area contributed by atoms with Gasteiger partial charge in [-0.25, -0.2) is 0 Å². The predicted molar refractivity (Wildman–Crippen MR) is 56.6 cm³/mol. The first-order valence-electron chi connectivity index (χ1n) is 4.13. The Morgan fingerprint density at radius 1 is 1.40 bits per heavy atom. The van der Waals surface area contributed by atoms with Crippen molar-refractivity contribution in [3.8, 4) is 0 Å². The van der Waals surface area contributed by atoms with Crippen LogP contribution in [0, 0.1) is 0 Å². The average molecular weight is 304 g/mol. The van der Waals surface area contributed by atoms with E-state index >= 15 is 0 Å². The van der Waals surface area contributed by atoms with Crippen molar-refractivity contribution in [2.24, 2.45) is 0 Å². The zero-order chi connectivity index (χ0) is 11.3. The summed E-state index contributed by atoms with van der Waals surface area (Å²) >= 11 is 3.11. The van der Waals surface area contributed by atoms with Gasteiger partial charge < -0.3 is 9.73 Å². The van der Waals surface area contributed by atoms with Crippen LogP contribution in [0.4, 0.5) is 13.2 Å². The molecule has 0 saturated heterocycles. The zero-order valence-corrected chi connectivity index (χ0v) is 10.0. The number of halogens is 4. The second-order valence-corrected chi connectivity index (χ2v) is 4.62. The van der Waals surface area contributed by atoms with Crippen molar-refractivity contribution in [3.05, 3.63) is 22.6 Å². The van der Waals surface area contributed by atoms with Gasteiger partial charge in [-0.2, -0.15) is 13.2 Å². The molecule has 0 unspecified atom stereocenters. The molecular formula is C8H9BrF3NOS. The van der Waals surface area contributed by atoms with E-state index in [1.807, 2.05) is 0 Å². The van der Waals surface area contributed by atoms with E-state index < -0.39 is 5.51 Å². The molecule has 86 valence electrons. The van der Waals surface area contributed by atoms with Crippen LogP contribution in [0.5, 0.6) is 0 Å². The van der Waals surface area contributed by atoms with E-state index in [4.69, 9.17) is 4.42 Å². The van der Waals surface area contributed by atoms with Crippen molar-refractivity contribution in [1.82, 2.24) is 5.32 Å². The molecule has 0 aliphatic heterocycles. The summed E-state index contributed by atoms with van der Waals surface area (Å²) < 4.78 is 40.9. The Morgan fingerprint density at radius 2 is 2.13 bits per heavy atom. The maximum absolute atomic E-state index is 11.7. The topological polar surface area (TPSA) is 25.2 Å². The largest absolute Gasteiger partial charge is 0.453 e. The van der Waals surface area contributed by atoms with Crippen molar-refractivity contribution < 1.29 is 17.6 Å². The highest BCUT2D eigenvalue weighted by Crippen LogP contribution is 2.29. The van der Waals surface area contributed by atoms with Gasteiger partial charge in [-0.3, -0.25) is 0 Å². The zero-order valence-electron chi connectivity index (χ0n) is 7.60. The molecule has 0 spiro atoms. The molecule has 1 rings (SSSR count). The average Bonchev–Trinajstić information content (AvgIpc) is 2.49. The lowest BCUT2D eigenvalue weighted by atomic mass is 10.4. The quantitative estimate of drug-likeness (QED) is 0.844. The molecule has 0 aliphatic carbocycles. The molecule has 1 aromatic heterocycles. The van der Waals surface area contributed by atoms with Gasteiger partial charge in [0, 0.05) is 12.3 Å². The normalized spacial score (nSPS) is 12.0. The number of nitrogens with one attached hydrogen (secondary N) is 1. The van der Waals surface area contributed by atoms with E-state index in [0.29, 0.717) is 23.5 Å². The van der Waals surface area contributed by atoms with Gasteiger partial charge in [-0.15, -0.1) is 0 Å². The van der Waals surface area contributed by atoms with Gasteiger partial charge in [0.1, 0.15) is 5.76 Å². The monoisotopic (exact) mass is 303 g/mol. The molecule has 1 heterocycles. The SMILES string of the molecule is FC(F)(F)SCCNCc1ccc(Br)o1. The molecule has 15 heavy (non-hydrogen) atoms. The summed E-state index contributed by atoms with van der Waals surface area (Å²) in [4.78, 5) is 0. The molecular weight excluding hydrogens is 295 g/mol. The van der Waals surface area contributed by atoms with Gasteiger partial charge in [0.2, 0.25) is 0 Å². The van der Waals surface area contributed by atoms with Gasteiger partial charge >= 0.3 is 5.51 Å². The molecule has 0 saturated carbocycles. The maximum Gasteiger partial charge on any atom is 0.441 e. The summed E-state index contributed by atoms with van der Waals surface area (Å²) in [5, 5.41) is 2.85. The van der Waals surface area contributed by atoms with Crippen LogP contribution in [-0.2, 0) is 6.54 Å². The highest BCUT2D eigenvalue weighted by atomic mass is 79.9. The van der Waals surface area contributed by atoms with Crippen LogP contribution in [0.1, 0.15) is 5.76 Å². The van der Waals surface area contributed by atoms with Crippen molar-refractivity contribution in [2.75, 3.05) is 12.3 Å². The first kappa shape index (κ1) is 12.9. The van der Waals surface area contributed by atoms with E-state index in [2.05, 4.69) is 21.2 Å². The molecule has 1 aromatic rings. The maximum atomic E-state index is 11.7. The Balaban J connectivity index is 2.07. The van der Waals surface area contributed by atoms with Gasteiger partial charge in [-0.05, 0) is 39.8 Å². The summed E-state index contributed by atoms with van der Waals surface area (Å²) in [5.74, 6) is 0.699. The lowest BCUT2D eigenvalue weighted by Gasteiger charge is -2.05. The predicted octanol–water partition coefficient (Wildman–Crippen LogP) is 3.38. The Kier molecular flexibility index (Phi) is 5.01. The summed E-state index contributed by atoms with van der Waals surface area (Å²) in [6, 6.07) is 3.50. The fraction of sp³-hybridized carbons (Fsp3) is 0.500. The number of thioether (sulfide) groups is 1. The lowest BCUT2D eigenvalue weighted by Crippen LogP contribution is -2.18. The van der Waals surface area contributed by atoms with Gasteiger partial charge in [0.25, 0.3) is 0 Å². The number of furan rings is 1. The Hall–Kier alpha value is -0.140. The molecule has 1 N–H and O–H groups in total.